The Labute approximate surface area is 175 Å². The van der Waals surface area contributed by atoms with Gasteiger partial charge in [-0.3, -0.25) is 0 Å². The van der Waals surface area contributed by atoms with E-state index in [1.54, 1.807) is 0 Å². The summed E-state index contributed by atoms with van der Waals surface area (Å²) in [5.41, 5.74) is 9.94. The number of rotatable bonds is 11. The first-order valence-corrected chi connectivity index (χ1v) is 11.1. The molecular formula is C26H33N3. The molecule has 0 aliphatic rings. The second-order valence-electron chi connectivity index (χ2n) is 7.81. The van der Waals surface area contributed by atoms with Gasteiger partial charge in [-0.1, -0.05) is 88.3 Å². The van der Waals surface area contributed by atoms with Gasteiger partial charge in [0.2, 0.25) is 0 Å². The van der Waals surface area contributed by atoms with Gasteiger partial charge in [0.05, 0.1) is 11.4 Å². The van der Waals surface area contributed by atoms with Gasteiger partial charge >= 0.3 is 0 Å². The Bertz CT molecular complexity index is 913. The van der Waals surface area contributed by atoms with E-state index in [0.29, 0.717) is 0 Å². The van der Waals surface area contributed by atoms with E-state index < -0.39 is 0 Å². The molecule has 0 saturated heterocycles. The van der Waals surface area contributed by atoms with Crippen LogP contribution >= 0.6 is 0 Å². The summed E-state index contributed by atoms with van der Waals surface area (Å²) in [6.45, 7) is 2.27. The van der Waals surface area contributed by atoms with Crippen LogP contribution in [0.2, 0.25) is 0 Å². The van der Waals surface area contributed by atoms with Crippen molar-refractivity contribution in [2.24, 2.45) is 10.2 Å². The number of aryl methyl sites for hydroxylation is 1. The SMILES string of the molecule is CCCCCCCCCCc1ccc(/N=N/c2ccc(N)c3ccccc23)cc1. The van der Waals surface area contributed by atoms with Crippen molar-refractivity contribution in [1.82, 2.24) is 0 Å². The van der Waals surface area contributed by atoms with Gasteiger partial charge in [0.1, 0.15) is 0 Å². The highest BCUT2D eigenvalue weighted by Gasteiger charge is 2.03. The van der Waals surface area contributed by atoms with Gasteiger partial charge in [-0.15, -0.1) is 5.11 Å². The number of hydrogen-bond donors (Lipinski definition) is 1. The van der Waals surface area contributed by atoms with E-state index in [1.807, 2.05) is 36.4 Å². The first-order valence-electron chi connectivity index (χ1n) is 11.1. The summed E-state index contributed by atoms with van der Waals surface area (Å²) in [5, 5.41) is 10.9. The molecule has 0 aliphatic carbocycles. The lowest BCUT2D eigenvalue weighted by Gasteiger charge is -2.04. The topological polar surface area (TPSA) is 50.7 Å². The largest absolute Gasteiger partial charge is 0.398 e. The van der Waals surface area contributed by atoms with Crippen molar-refractivity contribution >= 4 is 27.8 Å². The van der Waals surface area contributed by atoms with E-state index in [9.17, 15) is 0 Å². The molecule has 0 aliphatic heterocycles. The summed E-state index contributed by atoms with van der Waals surface area (Å²) in [7, 11) is 0. The van der Waals surface area contributed by atoms with E-state index in [0.717, 1.165) is 34.3 Å². The number of nitrogens with two attached hydrogens (primary N) is 1. The molecule has 3 rings (SSSR count). The van der Waals surface area contributed by atoms with Crippen LogP contribution in [-0.4, -0.2) is 0 Å². The third-order valence-electron chi connectivity index (χ3n) is 5.46. The van der Waals surface area contributed by atoms with Crippen LogP contribution in [0.5, 0.6) is 0 Å². The molecule has 3 nitrogen and oxygen atoms in total. The summed E-state index contributed by atoms with van der Waals surface area (Å²) < 4.78 is 0. The molecule has 152 valence electrons. The van der Waals surface area contributed by atoms with Gasteiger partial charge in [-0.05, 0) is 42.7 Å². The van der Waals surface area contributed by atoms with Crippen molar-refractivity contribution in [2.45, 2.75) is 64.7 Å². The van der Waals surface area contributed by atoms with Gasteiger partial charge in [-0.2, -0.15) is 5.11 Å². The Morgan fingerprint density at radius 1 is 0.655 bits per heavy atom. The van der Waals surface area contributed by atoms with Gasteiger partial charge in [0.25, 0.3) is 0 Å². The standard InChI is InChI=1S/C26H33N3/c1-2-3-4-5-6-7-8-9-12-21-15-17-22(18-16-21)28-29-26-20-19-25(27)23-13-10-11-14-24(23)26/h10-11,13-20H,2-9,12,27H2,1H3/b29-28+. The second-order valence-corrected chi connectivity index (χ2v) is 7.81. The Hall–Kier alpha value is -2.68. The van der Waals surface area contributed by atoms with Gasteiger partial charge in [0.15, 0.2) is 0 Å². The maximum atomic E-state index is 6.06. The van der Waals surface area contributed by atoms with E-state index in [1.165, 1.54) is 56.9 Å². The number of unbranched alkanes of at least 4 members (excludes halogenated alkanes) is 7. The first-order chi connectivity index (χ1) is 14.3. The molecule has 2 N–H and O–H groups in total. The molecule has 0 amide bonds. The van der Waals surface area contributed by atoms with Crippen molar-refractivity contribution in [3.05, 3.63) is 66.2 Å². The lowest BCUT2D eigenvalue weighted by Crippen LogP contribution is -1.86. The van der Waals surface area contributed by atoms with Crippen molar-refractivity contribution in [3.63, 3.8) is 0 Å². The van der Waals surface area contributed by atoms with E-state index >= 15 is 0 Å². The molecule has 3 aromatic carbocycles. The Kier molecular flexibility index (Phi) is 8.24. The summed E-state index contributed by atoms with van der Waals surface area (Å²) in [6, 6.07) is 20.3. The van der Waals surface area contributed by atoms with Crippen molar-refractivity contribution in [3.8, 4) is 0 Å². The molecule has 0 spiro atoms. The molecule has 0 aromatic heterocycles. The zero-order chi connectivity index (χ0) is 20.3. The van der Waals surface area contributed by atoms with E-state index in [2.05, 4.69) is 41.4 Å². The predicted molar refractivity (Wildman–Crippen MR) is 125 cm³/mol. The van der Waals surface area contributed by atoms with Crippen LogP contribution in [0.25, 0.3) is 10.8 Å². The number of nitrogens with zero attached hydrogens (tertiary/aromatic N) is 2. The van der Waals surface area contributed by atoms with Crippen LogP contribution in [0.1, 0.15) is 63.9 Å². The fraction of sp³-hybridized carbons (Fsp3) is 0.385. The van der Waals surface area contributed by atoms with Crippen LogP contribution in [0, 0.1) is 0 Å². The first kappa shape index (κ1) is 21.0. The van der Waals surface area contributed by atoms with Crippen LogP contribution in [0.3, 0.4) is 0 Å². The van der Waals surface area contributed by atoms with E-state index in [-0.39, 0.29) is 0 Å². The third-order valence-corrected chi connectivity index (χ3v) is 5.46. The maximum absolute atomic E-state index is 6.06. The minimum atomic E-state index is 0.768. The highest BCUT2D eigenvalue weighted by molar-refractivity contribution is 5.99. The quantitative estimate of drug-likeness (QED) is 0.200. The van der Waals surface area contributed by atoms with Crippen molar-refractivity contribution in [2.75, 3.05) is 5.73 Å². The fourth-order valence-electron chi connectivity index (χ4n) is 3.70. The average Bonchev–Trinajstić information content (AvgIpc) is 2.76. The summed E-state index contributed by atoms with van der Waals surface area (Å²) in [5.74, 6) is 0. The van der Waals surface area contributed by atoms with E-state index in [4.69, 9.17) is 5.73 Å². The third kappa shape index (κ3) is 6.42. The number of hydrogen-bond acceptors (Lipinski definition) is 3. The molecule has 0 fully saturated rings. The van der Waals surface area contributed by atoms with Gasteiger partial charge < -0.3 is 5.73 Å². The summed E-state index contributed by atoms with van der Waals surface area (Å²) in [4.78, 5) is 0. The molecule has 29 heavy (non-hydrogen) atoms. The predicted octanol–water partition coefficient (Wildman–Crippen LogP) is 8.52. The Morgan fingerprint density at radius 2 is 1.31 bits per heavy atom. The molecule has 0 unspecified atom stereocenters. The molecule has 0 saturated carbocycles. The number of azo groups is 1. The highest BCUT2D eigenvalue weighted by Crippen LogP contribution is 2.31. The molecular weight excluding hydrogens is 354 g/mol. The van der Waals surface area contributed by atoms with Gasteiger partial charge in [0, 0.05) is 16.5 Å². The lowest BCUT2D eigenvalue weighted by atomic mass is 10.0. The fourth-order valence-corrected chi connectivity index (χ4v) is 3.70. The number of benzene rings is 3. The molecule has 0 radical (unpaired) electrons. The van der Waals surface area contributed by atoms with Crippen LogP contribution < -0.4 is 5.73 Å². The van der Waals surface area contributed by atoms with Crippen LogP contribution in [-0.2, 0) is 6.42 Å². The van der Waals surface area contributed by atoms with Crippen molar-refractivity contribution in [1.29, 1.82) is 0 Å². The maximum Gasteiger partial charge on any atom is 0.0936 e. The molecule has 0 bridgehead atoms. The molecule has 3 heteroatoms. The van der Waals surface area contributed by atoms with Crippen LogP contribution in [0.15, 0.2) is 70.9 Å². The summed E-state index contributed by atoms with van der Waals surface area (Å²) in [6.07, 6.45) is 12.0. The Balaban J connectivity index is 1.49. The molecule has 0 heterocycles. The minimum absolute atomic E-state index is 0.768. The zero-order valence-electron chi connectivity index (χ0n) is 17.6. The Morgan fingerprint density at radius 3 is 2.03 bits per heavy atom. The summed E-state index contributed by atoms with van der Waals surface area (Å²) >= 11 is 0. The second kappa shape index (κ2) is 11.4. The van der Waals surface area contributed by atoms with Crippen molar-refractivity contribution < 1.29 is 0 Å². The molecule has 3 aromatic rings. The zero-order valence-corrected chi connectivity index (χ0v) is 17.6. The molecule has 0 atom stereocenters. The smallest absolute Gasteiger partial charge is 0.0936 e. The number of nitrogen functional groups attached to an aromatic ring is 1. The van der Waals surface area contributed by atoms with Gasteiger partial charge in [-0.25, -0.2) is 0 Å². The highest BCUT2D eigenvalue weighted by atomic mass is 15.1. The lowest BCUT2D eigenvalue weighted by molar-refractivity contribution is 0.575. The average molecular weight is 388 g/mol. The number of fused-ring (bicyclic) bond motifs is 1. The van der Waals surface area contributed by atoms with Crippen LogP contribution in [0.4, 0.5) is 17.1 Å². The number of anilines is 1. The monoisotopic (exact) mass is 387 g/mol. The minimum Gasteiger partial charge on any atom is -0.398 e. The normalized spacial score (nSPS) is 11.5.